The fourth-order valence-electron chi connectivity index (χ4n) is 3.62. The lowest BCUT2D eigenvalue weighted by Crippen LogP contribution is -2.17. The number of hydrogen-bond acceptors (Lipinski definition) is 6. The van der Waals surface area contributed by atoms with Crippen LogP contribution in [0.5, 0.6) is 5.75 Å². The molecule has 5 nitrogen and oxygen atoms in total. The number of oxazole rings is 1. The molecule has 1 atom stereocenters. The van der Waals surface area contributed by atoms with Gasteiger partial charge in [-0.05, 0) is 61.5 Å². The maximum atomic E-state index is 12.5. The predicted octanol–water partition coefficient (Wildman–Crippen LogP) is 6.22. The average molecular weight is 462 g/mol. The second kappa shape index (κ2) is 11.0. The molecule has 0 bridgehead atoms. The van der Waals surface area contributed by atoms with Crippen LogP contribution in [-0.4, -0.2) is 24.2 Å². The minimum atomic E-state index is -0.286. The number of aryl methyl sites for hydroxylation is 1. The minimum absolute atomic E-state index is 0.182. The second-order valence-electron chi connectivity index (χ2n) is 7.65. The van der Waals surface area contributed by atoms with Crippen LogP contribution in [-0.2, 0) is 22.4 Å². The number of carbonyl (C=O) groups is 1. The molecular formula is C27H27NO4S. The number of aromatic nitrogens is 1. The fourth-order valence-corrected chi connectivity index (χ4v) is 4.43. The molecule has 2 aromatic heterocycles. The van der Waals surface area contributed by atoms with E-state index in [0.29, 0.717) is 31.9 Å². The quantitative estimate of drug-likeness (QED) is 0.262. The minimum Gasteiger partial charge on any atom is -0.493 e. The lowest BCUT2D eigenvalue weighted by Gasteiger charge is -2.14. The van der Waals surface area contributed by atoms with Crippen LogP contribution in [0, 0.1) is 6.92 Å². The van der Waals surface area contributed by atoms with Crippen molar-refractivity contribution in [2.75, 3.05) is 13.2 Å². The third-order valence-electron chi connectivity index (χ3n) is 5.34. The molecule has 0 fully saturated rings. The van der Waals surface area contributed by atoms with Gasteiger partial charge in [0.2, 0.25) is 5.89 Å². The van der Waals surface area contributed by atoms with E-state index in [1.165, 1.54) is 0 Å². The lowest BCUT2D eigenvalue weighted by molar-refractivity contribution is -0.144. The average Bonchev–Trinajstić information content (AvgIpc) is 3.49. The number of thiophene rings is 1. The monoisotopic (exact) mass is 461 g/mol. The summed E-state index contributed by atoms with van der Waals surface area (Å²) in [7, 11) is 0. The number of nitrogens with zero attached hydrogens (tertiary/aromatic N) is 1. The molecule has 0 saturated heterocycles. The van der Waals surface area contributed by atoms with Gasteiger partial charge in [-0.2, -0.15) is 0 Å². The maximum absolute atomic E-state index is 12.5. The van der Waals surface area contributed by atoms with Gasteiger partial charge < -0.3 is 13.9 Å². The summed E-state index contributed by atoms with van der Waals surface area (Å²) in [5, 5.41) is 1.98. The first-order chi connectivity index (χ1) is 16.1. The molecule has 0 amide bonds. The molecular weight excluding hydrogens is 434 g/mol. The molecule has 0 spiro atoms. The van der Waals surface area contributed by atoms with Gasteiger partial charge in [0, 0.05) is 16.9 Å². The molecule has 0 aliphatic carbocycles. The molecule has 0 radical (unpaired) electrons. The highest BCUT2D eigenvalue weighted by Crippen LogP contribution is 2.27. The number of ether oxygens (including phenoxy) is 2. The van der Waals surface area contributed by atoms with Gasteiger partial charge in [-0.15, -0.1) is 11.3 Å². The van der Waals surface area contributed by atoms with Gasteiger partial charge in [-0.1, -0.05) is 36.4 Å². The summed E-state index contributed by atoms with van der Waals surface area (Å²) in [5.41, 5.74) is 2.93. The second-order valence-corrected chi connectivity index (χ2v) is 8.63. The smallest absolute Gasteiger partial charge is 0.314 e. The molecule has 4 aromatic rings. The highest BCUT2D eigenvalue weighted by molar-refractivity contribution is 7.10. The Bertz CT molecular complexity index is 1150. The van der Waals surface area contributed by atoms with E-state index in [-0.39, 0.29) is 11.9 Å². The topological polar surface area (TPSA) is 61.6 Å². The van der Waals surface area contributed by atoms with Crippen molar-refractivity contribution >= 4 is 17.3 Å². The summed E-state index contributed by atoms with van der Waals surface area (Å²) in [6.45, 7) is 4.64. The van der Waals surface area contributed by atoms with Crippen LogP contribution in [0.3, 0.4) is 0 Å². The zero-order chi connectivity index (χ0) is 23.0. The van der Waals surface area contributed by atoms with Gasteiger partial charge in [0.05, 0.1) is 24.8 Å². The number of carbonyl (C=O) groups excluding carboxylic acids is 1. The van der Waals surface area contributed by atoms with Gasteiger partial charge in [-0.3, -0.25) is 4.79 Å². The van der Waals surface area contributed by atoms with Crippen molar-refractivity contribution in [1.29, 1.82) is 0 Å². The highest BCUT2D eigenvalue weighted by atomic mass is 32.1. The van der Waals surface area contributed by atoms with Crippen LogP contribution in [0.4, 0.5) is 0 Å². The Balaban J connectivity index is 1.33. The van der Waals surface area contributed by atoms with E-state index in [1.54, 1.807) is 11.3 Å². The molecule has 0 aliphatic heterocycles. The van der Waals surface area contributed by atoms with Crippen LogP contribution in [0.15, 0.2) is 76.5 Å². The number of benzene rings is 2. The highest BCUT2D eigenvalue weighted by Gasteiger charge is 2.23. The molecule has 0 unspecified atom stereocenters. The first kappa shape index (κ1) is 22.8. The van der Waals surface area contributed by atoms with Crippen molar-refractivity contribution in [3.05, 3.63) is 94.0 Å². The molecule has 2 aromatic carbocycles. The first-order valence-electron chi connectivity index (χ1n) is 11.1. The van der Waals surface area contributed by atoms with E-state index in [1.807, 2.05) is 86.0 Å². The fraction of sp³-hybridized carbons (Fsp3) is 0.259. The molecule has 4 rings (SSSR count). The summed E-state index contributed by atoms with van der Waals surface area (Å²) >= 11 is 1.58. The Morgan fingerprint density at radius 1 is 1.06 bits per heavy atom. The number of esters is 1. The molecule has 0 aliphatic rings. The molecule has 6 heteroatoms. The van der Waals surface area contributed by atoms with Gasteiger partial charge in [0.15, 0.2) is 0 Å². The summed E-state index contributed by atoms with van der Waals surface area (Å²) in [5.74, 6) is 1.76. The zero-order valence-corrected chi connectivity index (χ0v) is 19.6. The molecule has 33 heavy (non-hydrogen) atoms. The van der Waals surface area contributed by atoms with Crippen molar-refractivity contribution in [1.82, 2.24) is 4.98 Å². The lowest BCUT2D eigenvalue weighted by atomic mass is 9.98. The number of hydrogen-bond donors (Lipinski definition) is 0. The van der Waals surface area contributed by atoms with E-state index >= 15 is 0 Å². The molecule has 2 heterocycles. The Labute approximate surface area is 198 Å². The van der Waals surface area contributed by atoms with E-state index in [4.69, 9.17) is 13.9 Å². The van der Waals surface area contributed by atoms with E-state index in [0.717, 1.165) is 33.2 Å². The summed E-state index contributed by atoms with van der Waals surface area (Å²) in [6, 6.07) is 21.7. The van der Waals surface area contributed by atoms with Crippen LogP contribution < -0.4 is 4.74 Å². The van der Waals surface area contributed by atoms with Crippen LogP contribution in [0.1, 0.15) is 34.7 Å². The van der Waals surface area contributed by atoms with Gasteiger partial charge >= 0.3 is 5.97 Å². The van der Waals surface area contributed by atoms with Crippen molar-refractivity contribution < 1.29 is 18.7 Å². The predicted molar refractivity (Wildman–Crippen MR) is 130 cm³/mol. The van der Waals surface area contributed by atoms with Crippen molar-refractivity contribution in [2.24, 2.45) is 0 Å². The largest absolute Gasteiger partial charge is 0.493 e. The van der Waals surface area contributed by atoms with E-state index < -0.39 is 0 Å². The van der Waals surface area contributed by atoms with E-state index in [9.17, 15) is 4.79 Å². The standard InChI is InChI=1S/C27H27NO4S/c1-3-30-27(29)23(25-10-7-17-33-25)18-20-11-13-22(14-12-20)31-16-15-24-19(2)32-26(28-24)21-8-5-4-6-9-21/h4-14,17,23H,3,15-16,18H2,1-2H3/t23-/m1/s1. The third kappa shape index (κ3) is 5.90. The normalized spacial score (nSPS) is 11.8. The number of rotatable bonds is 10. The zero-order valence-electron chi connectivity index (χ0n) is 18.8. The SMILES string of the molecule is CCOC(=O)[C@H](Cc1ccc(OCCc2nc(-c3ccccc3)oc2C)cc1)c1cccs1. The van der Waals surface area contributed by atoms with Crippen LogP contribution in [0.25, 0.3) is 11.5 Å². The van der Waals surface area contributed by atoms with Gasteiger partial charge in [0.1, 0.15) is 11.5 Å². The Kier molecular flexibility index (Phi) is 7.58. The van der Waals surface area contributed by atoms with Crippen LogP contribution >= 0.6 is 11.3 Å². The van der Waals surface area contributed by atoms with Crippen molar-refractivity contribution in [2.45, 2.75) is 32.6 Å². The molecule has 0 N–H and O–H groups in total. The first-order valence-corrected chi connectivity index (χ1v) is 12.0. The summed E-state index contributed by atoms with van der Waals surface area (Å²) in [6.07, 6.45) is 1.26. The Morgan fingerprint density at radius 2 is 1.85 bits per heavy atom. The van der Waals surface area contributed by atoms with E-state index in [2.05, 4.69) is 4.98 Å². The Morgan fingerprint density at radius 3 is 2.55 bits per heavy atom. The third-order valence-corrected chi connectivity index (χ3v) is 6.33. The van der Waals surface area contributed by atoms with Crippen molar-refractivity contribution in [3.8, 4) is 17.2 Å². The maximum Gasteiger partial charge on any atom is 0.314 e. The molecule has 170 valence electrons. The van der Waals surface area contributed by atoms with Gasteiger partial charge in [-0.25, -0.2) is 4.98 Å². The molecule has 0 saturated carbocycles. The Hall–Kier alpha value is -3.38. The van der Waals surface area contributed by atoms with Crippen LogP contribution in [0.2, 0.25) is 0 Å². The van der Waals surface area contributed by atoms with Crippen molar-refractivity contribution in [3.63, 3.8) is 0 Å². The van der Waals surface area contributed by atoms with Gasteiger partial charge in [0.25, 0.3) is 0 Å². The summed E-state index contributed by atoms with van der Waals surface area (Å²) in [4.78, 5) is 18.1. The summed E-state index contributed by atoms with van der Waals surface area (Å²) < 4.78 is 17.0.